The second-order valence-electron chi connectivity index (χ2n) is 16.1. The van der Waals surface area contributed by atoms with Gasteiger partial charge in [-0.05, 0) is 137 Å². The number of amides is 1. The Morgan fingerprint density at radius 3 is 1.76 bits per heavy atom. The summed E-state index contributed by atoms with van der Waals surface area (Å²) in [6.45, 7) is 7.23. The zero-order valence-electron chi connectivity index (χ0n) is 35.7. The van der Waals surface area contributed by atoms with Crippen LogP contribution < -0.4 is 14.2 Å². The Hall–Kier alpha value is -5.77. The highest BCUT2D eigenvalue weighted by Gasteiger charge is 2.34. The molecule has 0 bridgehead atoms. The number of tetrazole rings is 1. The third-order valence-corrected chi connectivity index (χ3v) is 13.5. The second kappa shape index (κ2) is 19.1. The fourth-order valence-corrected chi connectivity index (χ4v) is 10.1. The predicted octanol–water partition coefficient (Wildman–Crippen LogP) is 9.35. The number of aromatic nitrogens is 4. The zero-order chi connectivity index (χ0) is 44.0. The number of likely N-dealkylation sites (tertiary alicyclic amines) is 1. The van der Waals surface area contributed by atoms with Crippen molar-refractivity contribution in [1.82, 2.24) is 29.4 Å². The zero-order valence-corrected chi connectivity index (χ0v) is 38.1. The van der Waals surface area contributed by atoms with E-state index in [1.165, 1.54) is 9.10 Å². The number of piperidine rings is 1. The van der Waals surface area contributed by atoms with E-state index in [1.54, 1.807) is 32.3 Å². The molecule has 62 heavy (non-hydrogen) atoms. The summed E-state index contributed by atoms with van der Waals surface area (Å²) in [5.74, 6) is 2.45. The van der Waals surface area contributed by atoms with E-state index in [9.17, 15) is 4.79 Å². The highest BCUT2D eigenvalue weighted by atomic mass is 79.9. The second-order valence-corrected chi connectivity index (χ2v) is 18.9. The molecule has 1 aromatic heterocycles. The highest BCUT2D eigenvalue weighted by molar-refractivity contribution is 9.10. The Morgan fingerprint density at radius 1 is 0.742 bits per heavy atom. The number of benzene rings is 5. The molecule has 2 heterocycles. The van der Waals surface area contributed by atoms with Crippen molar-refractivity contribution in [3.63, 3.8) is 0 Å². The molecule has 324 valence electrons. The molecule has 1 saturated heterocycles. The number of rotatable bonds is 14. The van der Waals surface area contributed by atoms with E-state index in [2.05, 4.69) is 38.4 Å². The molecule has 0 unspecified atom stereocenters. The number of carbonyl (C=O) groups is 1. The molecule has 5 aromatic carbocycles. The van der Waals surface area contributed by atoms with E-state index in [0.29, 0.717) is 46.7 Å². The van der Waals surface area contributed by atoms with E-state index >= 15 is 8.42 Å². The Bertz CT molecular complexity index is 2520. The van der Waals surface area contributed by atoms with Crippen LogP contribution >= 0.6 is 15.9 Å². The van der Waals surface area contributed by atoms with Crippen LogP contribution in [0.1, 0.15) is 61.8 Å². The quantitative estimate of drug-likeness (QED) is 0.104. The molecule has 0 atom stereocenters. The molecule has 1 aliphatic heterocycles. The van der Waals surface area contributed by atoms with Crippen molar-refractivity contribution in [3.05, 3.63) is 136 Å². The van der Waals surface area contributed by atoms with Gasteiger partial charge in [0.15, 0.2) is 0 Å². The fraction of sp³-hybridized carbons (Fsp3) is 0.319. The van der Waals surface area contributed by atoms with E-state index in [-0.39, 0.29) is 35.8 Å². The maximum Gasteiger partial charge on any atom is 0.410 e. The van der Waals surface area contributed by atoms with Gasteiger partial charge in [0.2, 0.25) is 15.8 Å². The minimum atomic E-state index is -4.32. The molecular weight excluding hydrogens is 873 g/mol. The van der Waals surface area contributed by atoms with E-state index in [0.717, 1.165) is 46.4 Å². The summed E-state index contributed by atoms with van der Waals surface area (Å²) >= 11 is 3.66. The molecule has 15 heteroatoms. The van der Waals surface area contributed by atoms with Crippen molar-refractivity contribution in [2.45, 2.75) is 69.7 Å². The molecule has 0 aliphatic carbocycles. The van der Waals surface area contributed by atoms with Crippen molar-refractivity contribution in [2.24, 2.45) is 0 Å². The van der Waals surface area contributed by atoms with Gasteiger partial charge in [0, 0.05) is 30.7 Å². The number of methoxy groups -OCH3 is 3. The summed E-state index contributed by atoms with van der Waals surface area (Å²) in [5.41, 5.74) is 4.75. The molecule has 7 rings (SSSR count). The van der Waals surface area contributed by atoms with Crippen molar-refractivity contribution >= 4 is 32.0 Å². The maximum atomic E-state index is 15.5. The van der Waals surface area contributed by atoms with Gasteiger partial charge in [-0.2, -0.15) is 9.10 Å². The Labute approximate surface area is 371 Å². The lowest BCUT2D eigenvalue weighted by Crippen LogP contribution is -2.41. The molecule has 13 nitrogen and oxygen atoms in total. The van der Waals surface area contributed by atoms with Gasteiger partial charge in [-0.1, -0.05) is 66.7 Å². The van der Waals surface area contributed by atoms with E-state index in [4.69, 9.17) is 24.0 Å². The van der Waals surface area contributed by atoms with Gasteiger partial charge in [0.1, 0.15) is 27.7 Å². The highest BCUT2D eigenvalue weighted by Crippen LogP contribution is 2.42. The number of nitrogens with zero attached hydrogens (tertiary/aromatic N) is 6. The monoisotopic (exact) mass is 922 g/mol. The van der Waals surface area contributed by atoms with Crippen LogP contribution in [0, 0.1) is 0 Å². The van der Waals surface area contributed by atoms with Gasteiger partial charge < -0.3 is 23.8 Å². The summed E-state index contributed by atoms with van der Waals surface area (Å²) in [4.78, 5) is 16.0. The molecule has 1 fully saturated rings. The summed E-state index contributed by atoms with van der Waals surface area (Å²) in [6, 6.07) is 34.1. The molecule has 0 saturated carbocycles. The minimum absolute atomic E-state index is 0.0135. The van der Waals surface area contributed by atoms with Crippen LogP contribution in [0.25, 0.3) is 22.5 Å². The van der Waals surface area contributed by atoms with Gasteiger partial charge >= 0.3 is 6.09 Å². The summed E-state index contributed by atoms with van der Waals surface area (Å²) in [5, 5.41) is 13.7. The maximum absolute atomic E-state index is 15.5. The van der Waals surface area contributed by atoms with Crippen molar-refractivity contribution in [3.8, 4) is 39.8 Å². The lowest BCUT2D eigenvalue weighted by atomic mass is 9.88. The van der Waals surface area contributed by atoms with Gasteiger partial charge in [-0.15, -0.1) is 10.2 Å². The molecule has 0 N–H and O–H groups in total. The molecule has 1 amide bonds. The normalized spacial score (nSPS) is 13.6. The molecule has 0 spiro atoms. The molecule has 0 radical (unpaired) electrons. The third kappa shape index (κ3) is 10.5. The SMILES string of the molecule is COc1ccc(CN(Cc2ccc(OC)cc2)S(=O)(=O)c2c(Br)ccc(-c3ccc(C4CCN(C(=O)OC(C)(C)C)CC4)cc3)c2-c2nnn(Cc3ccc(OC)cc3)n2)cc1. The van der Waals surface area contributed by atoms with Crippen LogP contribution in [0.4, 0.5) is 4.79 Å². The van der Waals surface area contributed by atoms with Crippen molar-refractivity contribution in [1.29, 1.82) is 0 Å². The van der Waals surface area contributed by atoms with Crippen LogP contribution in [0.2, 0.25) is 0 Å². The predicted molar refractivity (Wildman–Crippen MR) is 241 cm³/mol. The summed E-state index contributed by atoms with van der Waals surface area (Å²) in [7, 11) is 0.470. The standard InChI is InChI=1S/C47H51BrN6O7S/c1-47(2,3)61-46(55)52-27-25-36(26-28-52)35-13-15-37(16-14-35)41-23-24-42(48)44(43(41)45-49-51-54(50-45)31-34-11-21-40(60-6)22-12-34)62(56,57)53(29-32-7-17-38(58-4)18-8-32)30-33-9-19-39(59-5)20-10-33/h7-24,36H,25-31H2,1-6H3. The van der Waals surface area contributed by atoms with Gasteiger partial charge in [-0.25, -0.2) is 13.2 Å². The first-order valence-corrected chi connectivity index (χ1v) is 22.6. The molecule has 1 aliphatic rings. The first kappa shape index (κ1) is 44.3. The lowest BCUT2D eigenvalue weighted by Gasteiger charge is -2.33. The van der Waals surface area contributed by atoms with Crippen LogP contribution in [0.5, 0.6) is 17.2 Å². The Morgan fingerprint density at radius 2 is 1.26 bits per heavy atom. The van der Waals surface area contributed by atoms with Crippen molar-refractivity contribution in [2.75, 3.05) is 34.4 Å². The van der Waals surface area contributed by atoms with Gasteiger partial charge in [0.05, 0.1) is 33.4 Å². The van der Waals surface area contributed by atoms with Crippen LogP contribution in [-0.2, 0) is 34.4 Å². The minimum Gasteiger partial charge on any atom is -0.497 e. The number of halogens is 1. The molecule has 6 aromatic rings. The summed E-state index contributed by atoms with van der Waals surface area (Å²) in [6.07, 6.45) is 1.30. The Kier molecular flexibility index (Phi) is 13.6. The average Bonchev–Trinajstić information content (AvgIpc) is 3.74. The number of hydrogen-bond acceptors (Lipinski definition) is 10. The van der Waals surface area contributed by atoms with Crippen molar-refractivity contribution < 1.29 is 32.2 Å². The van der Waals surface area contributed by atoms with E-state index in [1.807, 2.05) is 112 Å². The average molecular weight is 924 g/mol. The van der Waals surface area contributed by atoms with Crippen LogP contribution in [0.3, 0.4) is 0 Å². The Balaban J connectivity index is 1.28. The number of sulfonamides is 1. The third-order valence-electron chi connectivity index (χ3n) is 10.7. The van der Waals surface area contributed by atoms with Crippen LogP contribution in [0.15, 0.2) is 119 Å². The number of ether oxygens (including phenoxy) is 4. The van der Waals surface area contributed by atoms with Gasteiger partial charge in [0.25, 0.3) is 0 Å². The first-order valence-electron chi connectivity index (χ1n) is 20.3. The summed E-state index contributed by atoms with van der Waals surface area (Å²) < 4.78 is 54.5. The topological polar surface area (TPSA) is 138 Å². The number of carbonyl (C=O) groups excluding carboxylic acids is 1. The molecular formula is C47H51BrN6O7S. The fourth-order valence-electron chi connectivity index (χ4n) is 7.46. The smallest absolute Gasteiger partial charge is 0.410 e. The first-order chi connectivity index (χ1) is 29.7. The van der Waals surface area contributed by atoms with Gasteiger partial charge in [-0.3, -0.25) is 0 Å². The largest absolute Gasteiger partial charge is 0.497 e. The lowest BCUT2D eigenvalue weighted by molar-refractivity contribution is 0.0204. The number of hydrogen-bond donors (Lipinski definition) is 0. The van der Waals surface area contributed by atoms with E-state index < -0.39 is 15.6 Å². The van der Waals surface area contributed by atoms with Crippen LogP contribution in [-0.4, -0.2) is 83.9 Å².